The number of piperidine rings is 2. The number of carbonyl (C=O) groups is 3. The molecule has 0 bridgehead atoms. The third kappa shape index (κ3) is 7.58. The Balaban J connectivity index is 1.24. The molecule has 2 fully saturated rings. The highest BCUT2D eigenvalue weighted by atomic mass is 19.4. The molecule has 3 amide bonds. The van der Waals surface area contributed by atoms with Crippen molar-refractivity contribution in [3.63, 3.8) is 0 Å². The minimum absolute atomic E-state index is 0.0595. The van der Waals surface area contributed by atoms with E-state index in [0.29, 0.717) is 43.2 Å². The summed E-state index contributed by atoms with van der Waals surface area (Å²) in [5.41, 5.74) is 2.31. The Morgan fingerprint density at radius 3 is 2.30 bits per heavy atom. The van der Waals surface area contributed by atoms with Gasteiger partial charge in [0, 0.05) is 43.7 Å². The van der Waals surface area contributed by atoms with Crippen LogP contribution in [0.4, 0.5) is 18.9 Å². The van der Waals surface area contributed by atoms with Crippen LogP contribution in [0, 0.1) is 5.92 Å². The van der Waals surface area contributed by atoms with Gasteiger partial charge in [0.25, 0.3) is 0 Å². The van der Waals surface area contributed by atoms with Crippen LogP contribution in [0.25, 0.3) is 6.08 Å². The molecule has 2 aliphatic rings. The van der Waals surface area contributed by atoms with Gasteiger partial charge in [-0.3, -0.25) is 14.4 Å². The largest absolute Gasteiger partial charge is 0.573 e. The third-order valence-corrected chi connectivity index (χ3v) is 6.59. The molecular formula is C27H28F3N3O4. The fraction of sp³-hybridized carbons (Fsp3) is 0.370. The predicted molar refractivity (Wildman–Crippen MR) is 132 cm³/mol. The second-order valence-electron chi connectivity index (χ2n) is 9.20. The van der Waals surface area contributed by atoms with Crippen molar-refractivity contribution in [2.45, 2.75) is 38.0 Å². The van der Waals surface area contributed by atoms with Gasteiger partial charge in [0.2, 0.25) is 17.7 Å². The number of anilines is 1. The van der Waals surface area contributed by atoms with Gasteiger partial charge in [-0.2, -0.15) is 0 Å². The smallest absolute Gasteiger partial charge is 0.406 e. The van der Waals surface area contributed by atoms with E-state index < -0.39 is 6.36 Å². The van der Waals surface area contributed by atoms with Gasteiger partial charge in [0.15, 0.2) is 0 Å². The van der Waals surface area contributed by atoms with Crippen molar-refractivity contribution < 1.29 is 32.3 Å². The summed E-state index contributed by atoms with van der Waals surface area (Å²) in [5.74, 6) is -0.588. The number of likely N-dealkylation sites (tertiary alicyclic amines) is 1. The standard InChI is InChI=1S/C27H28F3N3O4/c28-27(29,30)37-23-8-1-18(2-9-23)3-10-24(34)32-22-6-4-19(5-7-22)20-12-15-33(16-13-20)26(36)21-11-14-31-25(35)17-21/h1-10,20-21H,11-17H2,(H,31,35)(H,32,34)/b10-3+. The number of amides is 3. The van der Waals surface area contributed by atoms with E-state index in [-0.39, 0.29) is 35.8 Å². The summed E-state index contributed by atoms with van der Waals surface area (Å²) in [6, 6.07) is 12.8. The van der Waals surface area contributed by atoms with Crippen molar-refractivity contribution >= 4 is 29.5 Å². The minimum atomic E-state index is -4.75. The molecule has 2 aromatic rings. The van der Waals surface area contributed by atoms with Crippen LogP contribution < -0.4 is 15.4 Å². The average Bonchev–Trinajstić information content (AvgIpc) is 2.87. The number of nitrogens with one attached hydrogen (secondary N) is 2. The number of hydrogen-bond acceptors (Lipinski definition) is 4. The number of halogens is 3. The summed E-state index contributed by atoms with van der Waals surface area (Å²) >= 11 is 0. The summed E-state index contributed by atoms with van der Waals surface area (Å²) in [6.45, 7) is 1.88. The number of ether oxygens (including phenoxy) is 1. The monoisotopic (exact) mass is 515 g/mol. The zero-order chi connectivity index (χ0) is 26.4. The number of benzene rings is 2. The van der Waals surface area contributed by atoms with E-state index in [1.165, 1.54) is 36.4 Å². The Kier molecular flexibility index (Phi) is 8.15. The molecule has 0 saturated carbocycles. The Morgan fingerprint density at radius 2 is 1.68 bits per heavy atom. The number of carbonyl (C=O) groups excluding carboxylic acids is 3. The molecule has 1 atom stereocenters. The Labute approximate surface area is 212 Å². The molecule has 0 aliphatic carbocycles. The second kappa shape index (κ2) is 11.5. The SMILES string of the molecule is O=C(/C=C/c1ccc(OC(F)(F)F)cc1)Nc1ccc(C2CCN(C(=O)C3CCNC(=O)C3)CC2)cc1. The topological polar surface area (TPSA) is 87.7 Å². The van der Waals surface area contributed by atoms with Gasteiger partial charge in [-0.15, -0.1) is 13.2 Å². The maximum atomic E-state index is 12.8. The summed E-state index contributed by atoms with van der Waals surface area (Å²) < 4.78 is 40.5. The van der Waals surface area contributed by atoms with Gasteiger partial charge in [-0.05, 0) is 66.6 Å². The number of alkyl halides is 3. The third-order valence-electron chi connectivity index (χ3n) is 6.59. The highest BCUT2D eigenvalue weighted by molar-refractivity contribution is 6.01. The van der Waals surface area contributed by atoms with E-state index in [9.17, 15) is 27.6 Å². The summed E-state index contributed by atoms with van der Waals surface area (Å²) in [6.07, 6.45) is 0.683. The van der Waals surface area contributed by atoms with Gasteiger partial charge in [0.1, 0.15) is 5.75 Å². The highest BCUT2D eigenvalue weighted by Crippen LogP contribution is 2.30. The number of hydrogen-bond donors (Lipinski definition) is 2. The van der Waals surface area contributed by atoms with Crippen LogP contribution in [-0.2, 0) is 14.4 Å². The van der Waals surface area contributed by atoms with E-state index in [0.717, 1.165) is 18.4 Å². The molecular weight excluding hydrogens is 487 g/mol. The van der Waals surface area contributed by atoms with E-state index in [2.05, 4.69) is 15.4 Å². The molecule has 2 aliphatic heterocycles. The molecule has 2 saturated heterocycles. The van der Waals surface area contributed by atoms with Crippen LogP contribution in [-0.4, -0.2) is 48.6 Å². The van der Waals surface area contributed by atoms with Gasteiger partial charge >= 0.3 is 6.36 Å². The predicted octanol–water partition coefficient (Wildman–Crippen LogP) is 4.47. The zero-order valence-corrected chi connectivity index (χ0v) is 20.1. The van der Waals surface area contributed by atoms with Crippen LogP contribution in [0.1, 0.15) is 42.7 Å². The first kappa shape index (κ1) is 26.2. The van der Waals surface area contributed by atoms with Crippen LogP contribution in [0.5, 0.6) is 5.75 Å². The van der Waals surface area contributed by atoms with Crippen molar-refractivity contribution in [3.8, 4) is 5.75 Å². The zero-order valence-electron chi connectivity index (χ0n) is 20.1. The van der Waals surface area contributed by atoms with Crippen molar-refractivity contribution in [2.24, 2.45) is 5.92 Å². The van der Waals surface area contributed by atoms with Crippen molar-refractivity contribution in [3.05, 3.63) is 65.7 Å². The lowest BCUT2D eigenvalue weighted by Crippen LogP contribution is -2.45. The molecule has 2 N–H and O–H groups in total. The molecule has 0 spiro atoms. The lowest BCUT2D eigenvalue weighted by Gasteiger charge is -2.35. The molecule has 0 radical (unpaired) electrons. The van der Waals surface area contributed by atoms with Crippen LogP contribution in [0.2, 0.25) is 0 Å². The fourth-order valence-electron chi connectivity index (χ4n) is 4.66. The van der Waals surface area contributed by atoms with E-state index in [1.54, 1.807) is 0 Å². The first-order valence-electron chi connectivity index (χ1n) is 12.2. The molecule has 4 rings (SSSR count). The van der Waals surface area contributed by atoms with E-state index in [4.69, 9.17) is 0 Å². The van der Waals surface area contributed by atoms with Gasteiger partial charge in [0.05, 0.1) is 0 Å². The average molecular weight is 516 g/mol. The Bertz CT molecular complexity index is 1140. The molecule has 37 heavy (non-hydrogen) atoms. The van der Waals surface area contributed by atoms with Crippen molar-refractivity contribution in [1.82, 2.24) is 10.2 Å². The van der Waals surface area contributed by atoms with Gasteiger partial charge < -0.3 is 20.3 Å². The summed E-state index contributed by atoms with van der Waals surface area (Å²) in [5, 5.41) is 5.52. The highest BCUT2D eigenvalue weighted by Gasteiger charge is 2.32. The maximum Gasteiger partial charge on any atom is 0.573 e. The maximum absolute atomic E-state index is 12.8. The summed E-state index contributed by atoms with van der Waals surface area (Å²) in [4.78, 5) is 38.5. The van der Waals surface area contributed by atoms with Crippen LogP contribution >= 0.6 is 0 Å². The first-order valence-corrected chi connectivity index (χ1v) is 12.2. The molecule has 7 nitrogen and oxygen atoms in total. The Hall–Kier alpha value is -3.82. The lowest BCUT2D eigenvalue weighted by atomic mass is 9.88. The van der Waals surface area contributed by atoms with Crippen LogP contribution in [0.15, 0.2) is 54.6 Å². The lowest BCUT2D eigenvalue weighted by molar-refractivity contribution is -0.274. The Morgan fingerprint density at radius 1 is 1.00 bits per heavy atom. The molecule has 1 unspecified atom stereocenters. The summed E-state index contributed by atoms with van der Waals surface area (Å²) in [7, 11) is 0. The molecule has 2 heterocycles. The second-order valence-corrected chi connectivity index (χ2v) is 9.20. The first-order chi connectivity index (χ1) is 17.7. The fourth-order valence-corrected chi connectivity index (χ4v) is 4.66. The van der Waals surface area contributed by atoms with Gasteiger partial charge in [-0.1, -0.05) is 24.3 Å². The number of rotatable bonds is 6. The van der Waals surface area contributed by atoms with Crippen molar-refractivity contribution in [2.75, 3.05) is 25.0 Å². The molecule has 2 aromatic carbocycles. The van der Waals surface area contributed by atoms with E-state index >= 15 is 0 Å². The quantitative estimate of drug-likeness (QED) is 0.556. The molecule has 0 aromatic heterocycles. The van der Waals surface area contributed by atoms with E-state index in [1.807, 2.05) is 29.2 Å². The minimum Gasteiger partial charge on any atom is -0.406 e. The molecule has 196 valence electrons. The van der Waals surface area contributed by atoms with Gasteiger partial charge in [-0.25, -0.2) is 0 Å². The normalized spacial score (nSPS) is 18.9. The number of nitrogens with zero attached hydrogens (tertiary/aromatic N) is 1. The van der Waals surface area contributed by atoms with Crippen LogP contribution in [0.3, 0.4) is 0 Å². The van der Waals surface area contributed by atoms with Crippen molar-refractivity contribution in [1.29, 1.82) is 0 Å². The molecule has 10 heteroatoms.